The molecule has 0 aliphatic heterocycles. The molecule has 0 heterocycles. The van der Waals surface area contributed by atoms with E-state index in [1.165, 1.54) is 49.9 Å². The van der Waals surface area contributed by atoms with Gasteiger partial charge in [-0.1, -0.05) is 86.6 Å². The van der Waals surface area contributed by atoms with Crippen molar-refractivity contribution in [2.24, 2.45) is 11.7 Å². The lowest BCUT2D eigenvalue weighted by Gasteiger charge is -2.32. The number of rotatable bonds is 18. The number of phenols is 1. The number of hydrogen-bond acceptors (Lipinski definition) is 11. The van der Waals surface area contributed by atoms with Gasteiger partial charge in [0.25, 0.3) is 11.8 Å². The fraction of sp³-hybridized carbons (Fsp3) is 0.415. The topological polar surface area (TPSA) is 206 Å². The number of esters is 1. The average Bonchev–Trinajstić information content (AvgIpc) is 3.15. The largest absolute Gasteiger partial charge is 0.508 e. The summed E-state index contributed by atoms with van der Waals surface area (Å²) in [4.78, 5) is 82.7. The predicted octanol–water partition coefficient (Wildman–Crippen LogP) is 3.83. The lowest BCUT2D eigenvalue weighted by atomic mass is 10.0. The third-order valence-electron chi connectivity index (χ3n) is 8.23. The Morgan fingerprint density at radius 2 is 1.27 bits per heavy atom. The Kier molecular flexibility index (Phi) is 17.4. The number of carbonyl (C=O) groups excluding carboxylic acids is 6. The maximum atomic E-state index is 14.3. The first-order valence-electron chi connectivity index (χ1n) is 18.2. The van der Waals surface area contributed by atoms with Crippen molar-refractivity contribution in [2.45, 2.75) is 90.4 Å². The number of nitrogens with zero attached hydrogens (tertiary/aromatic N) is 1. The molecule has 0 fully saturated rings. The van der Waals surface area contributed by atoms with Crippen molar-refractivity contribution in [1.82, 2.24) is 20.9 Å². The zero-order valence-electron chi connectivity index (χ0n) is 32.7. The molecule has 14 nitrogen and oxygen atoms in total. The number of aromatic hydroxyl groups is 1. The Hall–Kier alpha value is -5.41. The molecule has 56 heavy (non-hydrogen) atoms. The van der Waals surface area contributed by atoms with Crippen LogP contribution in [0.3, 0.4) is 0 Å². The number of amides is 5. The van der Waals surface area contributed by atoms with E-state index in [0.29, 0.717) is 21.8 Å². The van der Waals surface area contributed by atoms with Crippen LogP contribution in [0.2, 0.25) is 0 Å². The monoisotopic (exact) mass is 791 g/mol. The maximum Gasteiger partial charge on any atom is 0.408 e. The Bertz CT molecular complexity index is 1770. The van der Waals surface area contributed by atoms with Gasteiger partial charge in [-0.05, 0) is 68.0 Å². The van der Waals surface area contributed by atoms with Crippen LogP contribution in [0.25, 0.3) is 0 Å². The van der Waals surface area contributed by atoms with Gasteiger partial charge in [-0.15, -0.1) is 0 Å². The Labute approximate surface area is 332 Å². The number of thioether (sulfide) groups is 1. The summed E-state index contributed by atoms with van der Waals surface area (Å²) in [6.07, 6.45) is -1.00. The summed E-state index contributed by atoms with van der Waals surface area (Å²) in [5, 5.41) is 17.6. The van der Waals surface area contributed by atoms with E-state index in [0.717, 1.165) is 5.56 Å². The van der Waals surface area contributed by atoms with Crippen LogP contribution in [0.15, 0.2) is 84.9 Å². The fourth-order valence-electron chi connectivity index (χ4n) is 5.37. The third-order valence-corrected chi connectivity index (χ3v) is 8.88. The molecular weight excluding hydrogens is 739 g/mol. The Morgan fingerprint density at radius 3 is 1.82 bits per heavy atom. The summed E-state index contributed by atoms with van der Waals surface area (Å²) in [5.74, 6) is -4.58. The molecule has 0 saturated heterocycles. The SMILES string of the molecule is CSCC[C@H](NC(=O)[C@H](Cc1ccccc1)NC(=O)C(N)N(C(=O)C(C)C)C(=O)[C@H](Cc1ccc(O)cc1)NC(=O)OC(C)(C)C)C(=O)OCc1ccccc1. The van der Waals surface area contributed by atoms with Crippen LogP contribution in [-0.2, 0) is 52.9 Å². The van der Waals surface area contributed by atoms with Crippen LogP contribution < -0.4 is 21.7 Å². The summed E-state index contributed by atoms with van der Waals surface area (Å²) in [5.41, 5.74) is 7.43. The van der Waals surface area contributed by atoms with E-state index in [1.807, 2.05) is 24.5 Å². The van der Waals surface area contributed by atoms with E-state index in [-0.39, 0.29) is 31.6 Å². The maximum absolute atomic E-state index is 14.3. The molecule has 4 atom stereocenters. The molecule has 3 aromatic carbocycles. The molecule has 1 unspecified atom stereocenters. The van der Waals surface area contributed by atoms with Crippen molar-refractivity contribution >= 4 is 47.5 Å². The van der Waals surface area contributed by atoms with Gasteiger partial charge in [-0.25, -0.2) is 9.59 Å². The first kappa shape index (κ1) is 45.0. The number of ether oxygens (including phenoxy) is 2. The Morgan fingerprint density at radius 1 is 0.732 bits per heavy atom. The second-order valence-electron chi connectivity index (χ2n) is 14.4. The molecule has 15 heteroatoms. The van der Waals surface area contributed by atoms with Gasteiger partial charge in [0, 0.05) is 18.8 Å². The van der Waals surface area contributed by atoms with Gasteiger partial charge in [0.05, 0.1) is 0 Å². The lowest BCUT2D eigenvalue weighted by molar-refractivity contribution is -0.155. The highest BCUT2D eigenvalue weighted by molar-refractivity contribution is 7.98. The van der Waals surface area contributed by atoms with E-state index < -0.39 is 71.5 Å². The molecule has 3 rings (SSSR count). The van der Waals surface area contributed by atoms with Crippen molar-refractivity contribution < 1.29 is 43.3 Å². The van der Waals surface area contributed by atoms with Crippen LogP contribution in [0.5, 0.6) is 5.75 Å². The first-order valence-corrected chi connectivity index (χ1v) is 19.6. The van der Waals surface area contributed by atoms with Gasteiger partial charge < -0.3 is 36.3 Å². The summed E-state index contributed by atoms with van der Waals surface area (Å²) in [6, 6.07) is 19.9. The van der Waals surface area contributed by atoms with E-state index in [9.17, 15) is 33.9 Å². The zero-order chi connectivity index (χ0) is 41.4. The van der Waals surface area contributed by atoms with Crippen LogP contribution in [0, 0.1) is 5.92 Å². The van der Waals surface area contributed by atoms with Gasteiger partial charge in [0.2, 0.25) is 11.8 Å². The fourth-order valence-corrected chi connectivity index (χ4v) is 5.84. The molecule has 0 spiro atoms. The number of carbonyl (C=O) groups is 6. The predicted molar refractivity (Wildman–Crippen MR) is 213 cm³/mol. The highest BCUT2D eigenvalue weighted by Gasteiger charge is 2.40. The number of nitrogens with one attached hydrogen (secondary N) is 3. The minimum atomic E-state index is -1.95. The summed E-state index contributed by atoms with van der Waals surface area (Å²) in [7, 11) is 0. The van der Waals surface area contributed by atoms with E-state index in [4.69, 9.17) is 15.2 Å². The Balaban J connectivity index is 1.92. The van der Waals surface area contributed by atoms with Crippen molar-refractivity contribution in [3.05, 3.63) is 102 Å². The van der Waals surface area contributed by atoms with Crippen molar-refractivity contribution in [3.63, 3.8) is 0 Å². The van der Waals surface area contributed by atoms with Crippen LogP contribution in [0.4, 0.5) is 4.79 Å². The summed E-state index contributed by atoms with van der Waals surface area (Å²) < 4.78 is 10.9. The number of imide groups is 1. The molecular formula is C41H53N5O9S. The lowest BCUT2D eigenvalue weighted by Crippen LogP contribution is -2.64. The van der Waals surface area contributed by atoms with E-state index in [2.05, 4.69) is 16.0 Å². The minimum Gasteiger partial charge on any atom is -0.508 e. The third kappa shape index (κ3) is 14.7. The number of phenolic OH excluding ortho intramolecular Hbond substituents is 1. The van der Waals surface area contributed by atoms with Crippen LogP contribution >= 0.6 is 11.8 Å². The number of benzene rings is 3. The quantitative estimate of drug-likeness (QED) is 0.0925. The number of nitrogens with two attached hydrogens (primary N) is 1. The van der Waals surface area contributed by atoms with Crippen molar-refractivity contribution in [3.8, 4) is 5.75 Å². The van der Waals surface area contributed by atoms with Gasteiger partial charge in [0.15, 0.2) is 6.17 Å². The van der Waals surface area contributed by atoms with Crippen molar-refractivity contribution in [1.29, 1.82) is 0 Å². The highest BCUT2D eigenvalue weighted by Crippen LogP contribution is 2.17. The minimum absolute atomic E-state index is 0.00535. The standard InChI is InChI=1S/C41H53N5O9S/c1-26(2)37(50)46(38(51)33(45-40(53)55-41(3,4)5)24-28-17-19-30(47)20-18-28)34(42)36(49)44-32(23-27-13-9-7-10-14-27)35(48)43-31(21-22-56-6)39(52)54-25-29-15-11-8-12-16-29/h7-20,26,31-34,47H,21-25,42H2,1-6H3,(H,43,48)(H,44,49)(H,45,53)/t31-,32-,33-,34?/m0/s1. The van der Waals surface area contributed by atoms with Gasteiger partial charge in [0.1, 0.15) is 36.1 Å². The molecule has 0 saturated carbocycles. The van der Waals surface area contributed by atoms with E-state index >= 15 is 0 Å². The smallest absolute Gasteiger partial charge is 0.408 e. The number of alkyl carbamates (subject to hydrolysis) is 1. The highest BCUT2D eigenvalue weighted by atomic mass is 32.2. The summed E-state index contributed by atoms with van der Waals surface area (Å²) >= 11 is 1.47. The average molecular weight is 792 g/mol. The zero-order valence-corrected chi connectivity index (χ0v) is 33.5. The van der Waals surface area contributed by atoms with Gasteiger partial charge >= 0.3 is 12.1 Å². The first-order chi connectivity index (χ1) is 26.5. The molecule has 302 valence electrons. The van der Waals surface area contributed by atoms with Crippen molar-refractivity contribution in [2.75, 3.05) is 12.0 Å². The normalized spacial score (nSPS) is 13.4. The van der Waals surface area contributed by atoms with Gasteiger partial charge in [-0.2, -0.15) is 11.8 Å². The molecule has 3 aromatic rings. The molecule has 0 bridgehead atoms. The van der Waals surface area contributed by atoms with Gasteiger partial charge in [-0.3, -0.25) is 24.1 Å². The van der Waals surface area contributed by atoms with E-state index in [1.54, 1.807) is 63.2 Å². The summed E-state index contributed by atoms with van der Waals surface area (Å²) in [6.45, 7) is 7.94. The van der Waals surface area contributed by atoms with Crippen LogP contribution in [-0.4, -0.2) is 87.6 Å². The molecule has 0 radical (unpaired) electrons. The molecule has 0 aliphatic carbocycles. The molecule has 0 aliphatic rings. The second-order valence-corrected chi connectivity index (χ2v) is 15.4. The number of hydrogen-bond donors (Lipinski definition) is 5. The second kappa shape index (κ2) is 21.6. The molecule has 5 amide bonds. The molecule has 6 N–H and O–H groups in total. The van der Waals surface area contributed by atoms with Crippen LogP contribution in [0.1, 0.15) is 57.7 Å². The molecule has 0 aromatic heterocycles.